The van der Waals surface area contributed by atoms with Gasteiger partial charge in [-0.2, -0.15) is 0 Å². The van der Waals surface area contributed by atoms with E-state index in [-0.39, 0.29) is 0 Å². The number of aromatic nitrogens is 2. The number of nitrogens with zero attached hydrogens (tertiary/aromatic N) is 4. The summed E-state index contributed by atoms with van der Waals surface area (Å²) >= 11 is 0. The maximum Gasteiger partial charge on any atom is 0.226 e. The van der Waals surface area contributed by atoms with Crippen LogP contribution in [0.2, 0.25) is 0 Å². The summed E-state index contributed by atoms with van der Waals surface area (Å²) in [6, 6.07) is 19.6. The Morgan fingerprint density at radius 1 is 0.806 bits per heavy atom. The van der Waals surface area contributed by atoms with E-state index < -0.39 is 0 Å². The third-order valence-corrected chi connectivity index (χ3v) is 6.60. The highest BCUT2D eigenvalue weighted by Crippen LogP contribution is 2.31. The highest BCUT2D eigenvalue weighted by atomic mass is 15.3. The van der Waals surface area contributed by atoms with Crippen LogP contribution in [0.4, 0.5) is 5.95 Å². The van der Waals surface area contributed by atoms with Crippen molar-refractivity contribution in [1.82, 2.24) is 14.9 Å². The topological polar surface area (TPSA) is 32.3 Å². The van der Waals surface area contributed by atoms with Crippen molar-refractivity contribution >= 4 is 5.95 Å². The molecule has 1 saturated heterocycles. The summed E-state index contributed by atoms with van der Waals surface area (Å²) in [5.74, 6) is 0.929. The average molecular weight is 413 g/mol. The van der Waals surface area contributed by atoms with Crippen molar-refractivity contribution in [3.05, 3.63) is 77.0 Å². The van der Waals surface area contributed by atoms with E-state index in [0.717, 1.165) is 50.8 Å². The van der Waals surface area contributed by atoms with Gasteiger partial charge in [0.15, 0.2) is 0 Å². The highest BCUT2D eigenvalue weighted by molar-refractivity contribution is 5.66. The van der Waals surface area contributed by atoms with Crippen molar-refractivity contribution < 1.29 is 0 Å². The first kappa shape index (κ1) is 20.2. The molecule has 31 heavy (non-hydrogen) atoms. The minimum atomic E-state index is 0.895. The van der Waals surface area contributed by atoms with E-state index in [9.17, 15) is 0 Å². The third kappa shape index (κ3) is 4.64. The molecule has 0 bridgehead atoms. The zero-order chi connectivity index (χ0) is 21.0. The molecule has 5 rings (SSSR count). The second-order valence-corrected chi connectivity index (χ2v) is 9.01. The van der Waals surface area contributed by atoms with Crippen LogP contribution in [0.25, 0.3) is 11.3 Å². The lowest BCUT2D eigenvalue weighted by atomic mass is 9.97. The Bertz CT molecular complexity index is 1010. The van der Waals surface area contributed by atoms with Crippen molar-refractivity contribution in [2.45, 2.75) is 52.1 Å². The number of anilines is 1. The van der Waals surface area contributed by atoms with Crippen LogP contribution in [0, 0.1) is 6.92 Å². The molecular formula is C27H32N4. The monoisotopic (exact) mass is 412 g/mol. The molecule has 2 aliphatic heterocycles. The Morgan fingerprint density at radius 2 is 1.55 bits per heavy atom. The number of rotatable bonds is 4. The first-order chi connectivity index (χ1) is 15.3. The van der Waals surface area contributed by atoms with Gasteiger partial charge in [0, 0.05) is 43.9 Å². The minimum absolute atomic E-state index is 0.895. The molecular weight excluding hydrogens is 380 g/mol. The van der Waals surface area contributed by atoms with Gasteiger partial charge in [-0.25, -0.2) is 9.97 Å². The van der Waals surface area contributed by atoms with E-state index in [1.165, 1.54) is 53.6 Å². The largest absolute Gasteiger partial charge is 0.341 e. The van der Waals surface area contributed by atoms with Crippen LogP contribution in [0.15, 0.2) is 54.6 Å². The molecule has 3 aromatic rings. The predicted octanol–water partition coefficient (Wildman–Crippen LogP) is 5.39. The molecule has 0 unspecified atom stereocenters. The van der Waals surface area contributed by atoms with Crippen LogP contribution >= 0.6 is 0 Å². The summed E-state index contributed by atoms with van der Waals surface area (Å²) < 4.78 is 0. The molecule has 0 aliphatic carbocycles. The summed E-state index contributed by atoms with van der Waals surface area (Å²) in [5.41, 5.74) is 7.57. The van der Waals surface area contributed by atoms with Crippen molar-refractivity contribution in [2.75, 3.05) is 24.5 Å². The molecule has 0 amide bonds. The van der Waals surface area contributed by atoms with Gasteiger partial charge in [-0.15, -0.1) is 0 Å². The quantitative estimate of drug-likeness (QED) is 0.575. The smallest absolute Gasteiger partial charge is 0.226 e. The normalized spacial score (nSPS) is 17.3. The van der Waals surface area contributed by atoms with Crippen LogP contribution in [0.5, 0.6) is 0 Å². The molecule has 0 atom stereocenters. The number of hydrogen-bond acceptors (Lipinski definition) is 4. The van der Waals surface area contributed by atoms with Crippen LogP contribution in [-0.4, -0.2) is 34.5 Å². The van der Waals surface area contributed by atoms with Gasteiger partial charge in [-0.05, 0) is 31.7 Å². The lowest BCUT2D eigenvalue weighted by Crippen LogP contribution is -2.33. The molecule has 1 aromatic heterocycles. The Kier molecular flexibility index (Phi) is 5.99. The van der Waals surface area contributed by atoms with Gasteiger partial charge in [0.05, 0.1) is 11.4 Å². The van der Waals surface area contributed by atoms with Crippen molar-refractivity contribution in [3.63, 3.8) is 0 Å². The number of aryl methyl sites for hydroxylation is 1. The van der Waals surface area contributed by atoms with Crippen molar-refractivity contribution in [3.8, 4) is 11.3 Å². The van der Waals surface area contributed by atoms with Gasteiger partial charge in [0.2, 0.25) is 5.95 Å². The molecule has 4 nitrogen and oxygen atoms in total. The number of benzene rings is 2. The highest BCUT2D eigenvalue weighted by Gasteiger charge is 2.25. The molecule has 160 valence electrons. The maximum absolute atomic E-state index is 5.16. The summed E-state index contributed by atoms with van der Waals surface area (Å²) in [4.78, 5) is 15.2. The summed E-state index contributed by atoms with van der Waals surface area (Å²) in [6.45, 7) is 7.20. The maximum atomic E-state index is 5.16. The Hall–Kier alpha value is -2.72. The Balaban J connectivity index is 1.50. The minimum Gasteiger partial charge on any atom is -0.341 e. The fraction of sp³-hybridized carbons (Fsp3) is 0.407. The van der Waals surface area contributed by atoms with E-state index in [2.05, 4.69) is 71.3 Å². The lowest BCUT2D eigenvalue weighted by molar-refractivity contribution is 0.241. The summed E-state index contributed by atoms with van der Waals surface area (Å²) in [5, 5.41) is 0. The van der Waals surface area contributed by atoms with E-state index in [1.807, 2.05) is 0 Å². The van der Waals surface area contributed by atoms with Crippen molar-refractivity contribution in [1.29, 1.82) is 0 Å². The SMILES string of the molecule is Cc1ccc(-c2nc(N3CCCCCC3)nc3c2CCN(Cc2ccccc2)C3)cc1. The van der Waals surface area contributed by atoms with Crippen LogP contribution < -0.4 is 4.90 Å². The van der Waals surface area contributed by atoms with Gasteiger partial charge < -0.3 is 4.90 Å². The van der Waals surface area contributed by atoms with E-state index in [1.54, 1.807) is 0 Å². The van der Waals surface area contributed by atoms with E-state index in [4.69, 9.17) is 9.97 Å². The van der Waals surface area contributed by atoms with Gasteiger partial charge in [-0.1, -0.05) is 73.0 Å². The van der Waals surface area contributed by atoms with E-state index in [0.29, 0.717) is 0 Å². The predicted molar refractivity (Wildman–Crippen MR) is 127 cm³/mol. The molecule has 0 radical (unpaired) electrons. The molecule has 2 aliphatic rings. The second kappa shape index (κ2) is 9.19. The van der Waals surface area contributed by atoms with Crippen molar-refractivity contribution in [2.24, 2.45) is 0 Å². The zero-order valence-electron chi connectivity index (χ0n) is 18.6. The zero-order valence-corrected chi connectivity index (χ0v) is 18.6. The lowest BCUT2D eigenvalue weighted by Gasteiger charge is -2.31. The second-order valence-electron chi connectivity index (χ2n) is 9.01. The fourth-order valence-electron chi connectivity index (χ4n) is 4.81. The third-order valence-electron chi connectivity index (χ3n) is 6.60. The fourth-order valence-corrected chi connectivity index (χ4v) is 4.81. The molecule has 2 aromatic carbocycles. The van der Waals surface area contributed by atoms with Gasteiger partial charge in [0.25, 0.3) is 0 Å². The standard InChI is InChI=1S/C27H32N4/c1-21-11-13-23(14-12-21)26-24-15-18-30(19-22-9-5-4-6-10-22)20-25(24)28-27(29-26)31-16-7-2-3-8-17-31/h4-6,9-14H,2-3,7-8,15-20H2,1H3. The Morgan fingerprint density at radius 3 is 2.29 bits per heavy atom. The first-order valence-electron chi connectivity index (χ1n) is 11.7. The molecule has 0 spiro atoms. The molecule has 3 heterocycles. The summed E-state index contributed by atoms with van der Waals surface area (Å²) in [6.07, 6.45) is 6.11. The summed E-state index contributed by atoms with van der Waals surface area (Å²) in [7, 11) is 0. The first-order valence-corrected chi connectivity index (χ1v) is 11.7. The molecule has 1 fully saturated rings. The number of fused-ring (bicyclic) bond motifs is 1. The Labute approximate surface area is 186 Å². The van der Waals surface area contributed by atoms with Gasteiger partial charge in [-0.3, -0.25) is 4.90 Å². The molecule has 0 N–H and O–H groups in total. The van der Waals surface area contributed by atoms with Gasteiger partial charge >= 0.3 is 0 Å². The van der Waals surface area contributed by atoms with Crippen LogP contribution in [-0.2, 0) is 19.5 Å². The number of hydrogen-bond donors (Lipinski definition) is 0. The van der Waals surface area contributed by atoms with Crippen LogP contribution in [0.3, 0.4) is 0 Å². The average Bonchev–Trinajstić information content (AvgIpc) is 3.09. The van der Waals surface area contributed by atoms with E-state index >= 15 is 0 Å². The van der Waals surface area contributed by atoms with Crippen LogP contribution in [0.1, 0.15) is 48.1 Å². The van der Waals surface area contributed by atoms with Gasteiger partial charge in [0.1, 0.15) is 0 Å². The molecule has 4 heteroatoms. The molecule has 0 saturated carbocycles.